The molecule has 0 spiro atoms. The molecule has 128 valence electrons. The van der Waals surface area contributed by atoms with Crippen LogP contribution < -0.4 is 10.6 Å². The van der Waals surface area contributed by atoms with Gasteiger partial charge in [-0.1, -0.05) is 26.7 Å². The van der Waals surface area contributed by atoms with E-state index in [1.807, 2.05) is 0 Å². The van der Waals surface area contributed by atoms with Crippen LogP contribution in [0.5, 0.6) is 0 Å². The second-order valence-corrected chi connectivity index (χ2v) is 7.43. The number of hydrogen-bond donors (Lipinski definition) is 3. The highest BCUT2D eigenvalue weighted by Crippen LogP contribution is 2.30. The van der Waals surface area contributed by atoms with E-state index in [-0.39, 0.29) is 6.03 Å². The summed E-state index contributed by atoms with van der Waals surface area (Å²) in [4.78, 5) is 12.1. The van der Waals surface area contributed by atoms with Crippen LogP contribution >= 0.6 is 0 Å². The van der Waals surface area contributed by atoms with Crippen molar-refractivity contribution < 1.29 is 14.6 Å². The molecule has 0 aromatic heterocycles. The number of nitrogens with one attached hydrogen (secondary N) is 2. The number of aliphatic hydroxyl groups is 1. The Morgan fingerprint density at radius 1 is 1.32 bits per heavy atom. The van der Waals surface area contributed by atoms with Gasteiger partial charge in [0.15, 0.2) is 0 Å². The summed E-state index contributed by atoms with van der Waals surface area (Å²) in [6, 6.07) is 0.157. The Labute approximate surface area is 134 Å². The van der Waals surface area contributed by atoms with Crippen LogP contribution in [0.3, 0.4) is 0 Å². The molecule has 22 heavy (non-hydrogen) atoms. The molecule has 1 saturated carbocycles. The minimum Gasteiger partial charge on any atom is -0.388 e. The molecule has 0 aromatic carbocycles. The molecule has 5 nitrogen and oxygen atoms in total. The van der Waals surface area contributed by atoms with E-state index in [1.54, 1.807) is 0 Å². The molecule has 2 amide bonds. The number of urea groups is 1. The molecule has 0 aromatic rings. The van der Waals surface area contributed by atoms with E-state index in [1.165, 1.54) is 25.7 Å². The lowest BCUT2D eigenvalue weighted by Crippen LogP contribution is -2.51. The van der Waals surface area contributed by atoms with Crippen molar-refractivity contribution in [3.8, 4) is 0 Å². The van der Waals surface area contributed by atoms with Crippen LogP contribution in [-0.2, 0) is 4.74 Å². The zero-order valence-electron chi connectivity index (χ0n) is 14.1. The van der Waals surface area contributed by atoms with Crippen molar-refractivity contribution in [2.45, 2.75) is 70.4 Å². The molecular weight excluding hydrogens is 280 g/mol. The first-order chi connectivity index (χ1) is 10.5. The van der Waals surface area contributed by atoms with Gasteiger partial charge in [-0.15, -0.1) is 0 Å². The standard InChI is InChI=1S/C17H32N2O3/c1-13(2)6-7-14-4-3-5-15(14)19-16(20)18-12-17(21)8-10-22-11-9-17/h13-15,21H,3-12H2,1-2H3,(H2,18,19,20). The van der Waals surface area contributed by atoms with E-state index in [4.69, 9.17) is 4.74 Å². The Hall–Kier alpha value is -0.810. The molecule has 2 unspecified atom stereocenters. The molecule has 0 bridgehead atoms. The highest BCUT2D eigenvalue weighted by molar-refractivity contribution is 5.74. The lowest BCUT2D eigenvalue weighted by atomic mass is 9.93. The fourth-order valence-corrected chi connectivity index (χ4v) is 3.51. The van der Waals surface area contributed by atoms with Gasteiger partial charge in [-0.2, -0.15) is 0 Å². The fourth-order valence-electron chi connectivity index (χ4n) is 3.51. The first kappa shape index (κ1) is 17.5. The van der Waals surface area contributed by atoms with Crippen LogP contribution in [0.2, 0.25) is 0 Å². The van der Waals surface area contributed by atoms with Crippen molar-refractivity contribution in [1.29, 1.82) is 0 Å². The van der Waals surface area contributed by atoms with Crippen LogP contribution in [0.15, 0.2) is 0 Å². The van der Waals surface area contributed by atoms with Gasteiger partial charge in [0.2, 0.25) is 0 Å². The average Bonchev–Trinajstić information content (AvgIpc) is 2.91. The van der Waals surface area contributed by atoms with Crippen LogP contribution in [-0.4, -0.2) is 42.5 Å². The number of ether oxygens (including phenoxy) is 1. The first-order valence-electron chi connectivity index (χ1n) is 8.83. The second kappa shape index (κ2) is 8.16. The normalized spacial score (nSPS) is 27.8. The third-order valence-electron chi connectivity index (χ3n) is 5.09. The minimum atomic E-state index is -0.803. The van der Waals surface area contributed by atoms with E-state index >= 15 is 0 Å². The van der Waals surface area contributed by atoms with Crippen molar-refractivity contribution in [1.82, 2.24) is 10.6 Å². The van der Waals surface area contributed by atoms with Crippen molar-refractivity contribution >= 4 is 6.03 Å². The van der Waals surface area contributed by atoms with Crippen molar-refractivity contribution in [2.75, 3.05) is 19.8 Å². The van der Waals surface area contributed by atoms with Crippen molar-refractivity contribution in [2.24, 2.45) is 11.8 Å². The third kappa shape index (κ3) is 5.43. The Morgan fingerprint density at radius 3 is 2.73 bits per heavy atom. The van der Waals surface area contributed by atoms with Gasteiger partial charge in [0.05, 0.1) is 5.60 Å². The maximum absolute atomic E-state index is 12.1. The Balaban J connectivity index is 1.71. The fraction of sp³-hybridized carbons (Fsp3) is 0.941. The maximum Gasteiger partial charge on any atom is 0.315 e. The third-order valence-corrected chi connectivity index (χ3v) is 5.09. The summed E-state index contributed by atoms with van der Waals surface area (Å²) < 4.78 is 5.25. The Kier molecular flexibility index (Phi) is 6.50. The zero-order valence-corrected chi connectivity index (χ0v) is 14.1. The topological polar surface area (TPSA) is 70.6 Å². The molecule has 2 rings (SSSR count). The monoisotopic (exact) mass is 312 g/mol. The summed E-state index contributed by atoms with van der Waals surface area (Å²) >= 11 is 0. The van der Waals surface area contributed by atoms with Crippen LogP contribution in [0.25, 0.3) is 0 Å². The molecular formula is C17H32N2O3. The van der Waals surface area contributed by atoms with Crippen LogP contribution in [0, 0.1) is 11.8 Å². The summed E-state index contributed by atoms with van der Waals surface area (Å²) in [5, 5.41) is 16.3. The van der Waals surface area contributed by atoms with E-state index in [2.05, 4.69) is 24.5 Å². The molecule has 1 heterocycles. The van der Waals surface area contributed by atoms with E-state index in [0.29, 0.717) is 44.6 Å². The lowest BCUT2D eigenvalue weighted by Gasteiger charge is -2.32. The first-order valence-corrected chi connectivity index (χ1v) is 8.83. The minimum absolute atomic E-state index is 0.138. The maximum atomic E-state index is 12.1. The van der Waals surface area contributed by atoms with E-state index in [9.17, 15) is 9.90 Å². The quantitative estimate of drug-likeness (QED) is 0.705. The molecule has 2 aliphatic rings. The Morgan fingerprint density at radius 2 is 2.05 bits per heavy atom. The predicted octanol–water partition coefficient (Wildman–Crippen LogP) is 2.43. The average molecular weight is 312 g/mol. The van der Waals surface area contributed by atoms with Crippen LogP contribution in [0.4, 0.5) is 4.79 Å². The number of carbonyl (C=O) groups excluding carboxylic acids is 1. The van der Waals surface area contributed by atoms with E-state index in [0.717, 1.165) is 12.3 Å². The summed E-state index contributed by atoms with van der Waals surface area (Å²) in [7, 11) is 0. The van der Waals surface area contributed by atoms with Crippen molar-refractivity contribution in [3.63, 3.8) is 0 Å². The van der Waals surface area contributed by atoms with Gasteiger partial charge < -0.3 is 20.5 Å². The van der Waals surface area contributed by atoms with Gasteiger partial charge in [-0.25, -0.2) is 4.79 Å². The van der Waals surface area contributed by atoms with Crippen LogP contribution in [0.1, 0.15) is 58.8 Å². The largest absolute Gasteiger partial charge is 0.388 e. The van der Waals surface area contributed by atoms with Gasteiger partial charge in [-0.3, -0.25) is 0 Å². The molecule has 1 aliphatic carbocycles. The number of rotatable bonds is 6. The number of amides is 2. The molecule has 2 fully saturated rings. The highest BCUT2D eigenvalue weighted by Gasteiger charge is 2.32. The second-order valence-electron chi connectivity index (χ2n) is 7.43. The van der Waals surface area contributed by atoms with Gasteiger partial charge in [0.25, 0.3) is 0 Å². The molecule has 0 radical (unpaired) electrons. The molecule has 1 saturated heterocycles. The number of hydrogen-bond acceptors (Lipinski definition) is 3. The summed E-state index contributed by atoms with van der Waals surface area (Å²) in [6.45, 7) is 5.95. The lowest BCUT2D eigenvalue weighted by molar-refractivity contribution is -0.0600. The van der Waals surface area contributed by atoms with Crippen molar-refractivity contribution in [3.05, 3.63) is 0 Å². The van der Waals surface area contributed by atoms with E-state index < -0.39 is 5.60 Å². The summed E-state index contributed by atoms with van der Waals surface area (Å²) in [6.07, 6.45) is 7.11. The highest BCUT2D eigenvalue weighted by atomic mass is 16.5. The van der Waals surface area contributed by atoms with Gasteiger partial charge in [-0.05, 0) is 31.1 Å². The Bertz CT molecular complexity index is 354. The smallest absolute Gasteiger partial charge is 0.315 e. The molecule has 1 aliphatic heterocycles. The summed E-state index contributed by atoms with van der Waals surface area (Å²) in [5.41, 5.74) is -0.803. The zero-order chi connectivity index (χ0) is 16.0. The van der Waals surface area contributed by atoms with Gasteiger partial charge >= 0.3 is 6.03 Å². The SMILES string of the molecule is CC(C)CCC1CCCC1NC(=O)NCC1(O)CCOCC1. The molecule has 2 atom stereocenters. The molecule has 3 N–H and O–H groups in total. The number of carbonyl (C=O) groups is 1. The van der Waals surface area contributed by atoms with Gasteiger partial charge in [0.1, 0.15) is 0 Å². The predicted molar refractivity (Wildman–Crippen MR) is 86.7 cm³/mol. The van der Waals surface area contributed by atoms with Gasteiger partial charge in [0, 0.05) is 38.6 Å². The summed E-state index contributed by atoms with van der Waals surface area (Å²) in [5.74, 6) is 1.33. The molecule has 5 heteroatoms.